The molecule has 1 aliphatic rings. The largest absolute Gasteiger partial charge is 0.494 e. The molecule has 5 heteroatoms. The van der Waals surface area contributed by atoms with E-state index in [1.165, 1.54) is 17.3 Å². The van der Waals surface area contributed by atoms with Gasteiger partial charge in [-0.3, -0.25) is 9.69 Å². The fourth-order valence-electron chi connectivity index (χ4n) is 2.59. The monoisotopic (exact) mass is 383 g/mol. The van der Waals surface area contributed by atoms with E-state index in [0.29, 0.717) is 15.8 Å². The van der Waals surface area contributed by atoms with E-state index in [9.17, 15) is 4.79 Å². The summed E-state index contributed by atoms with van der Waals surface area (Å²) in [6, 6.07) is 13.7. The summed E-state index contributed by atoms with van der Waals surface area (Å²) in [6.07, 6.45) is 2.85. The molecule has 0 spiro atoms. The molecule has 0 aromatic heterocycles. The van der Waals surface area contributed by atoms with Crippen LogP contribution in [0.15, 0.2) is 47.4 Å². The normalized spacial score (nSPS) is 15.8. The number of hydrogen-bond acceptors (Lipinski definition) is 4. The van der Waals surface area contributed by atoms with E-state index in [-0.39, 0.29) is 5.91 Å². The molecule has 26 heavy (non-hydrogen) atoms. The third kappa shape index (κ3) is 4.00. The Morgan fingerprint density at radius 2 is 1.85 bits per heavy atom. The first-order valence-electron chi connectivity index (χ1n) is 8.57. The molecule has 1 heterocycles. The Hall–Kier alpha value is -2.11. The van der Waals surface area contributed by atoms with Crippen molar-refractivity contribution in [3.63, 3.8) is 0 Å². The van der Waals surface area contributed by atoms with E-state index < -0.39 is 0 Å². The van der Waals surface area contributed by atoms with Crippen molar-refractivity contribution in [1.82, 2.24) is 0 Å². The standard InChI is InChI=1S/C21H21NO2S2/c1-4-11-24-18-9-6-16(7-10-18)13-19-20(23)22(21(25)26-19)17-8-5-14(2)15(3)12-17/h5-10,12-13H,4,11H2,1-3H3/b19-13+. The van der Waals surface area contributed by atoms with Crippen LogP contribution in [0.4, 0.5) is 5.69 Å². The summed E-state index contributed by atoms with van der Waals surface area (Å²) in [7, 11) is 0. The lowest BCUT2D eigenvalue weighted by molar-refractivity contribution is -0.113. The van der Waals surface area contributed by atoms with Crippen LogP contribution in [0.25, 0.3) is 6.08 Å². The van der Waals surface area contributed by atoms with Gasteiger partial charge in [0.2, 0.25) is 0 Å². The Morgan fingerprint density at radius 3 is 2.50 bits per heavy atom. The predicted octanol–water partition coefficient (Wildman–Crippen LogP) is 5.50. The molecule has 2 aromatic rings. The maximum absolute atomic E-state index is 12.8. The average molecular weight is 384 g/mol. The lowest BCUT2D eigenvalue weighted by Crippen LogP contribution is -2.27. The van der Waals surface area contributed by atoms with Crippen LogP contribution in [0.1, 0.15) is 30.0 Å². The highest BCUT2D eigenvalue weighted by atomic mass is 32.2. The van der Waals surface area contributed by atoms with Crippen molar-refractivity contribution >= 4 is 46.0 Å². The topological polar surface area (TPSA) is 29.5 Å². The SMILES string of the molecule is CCCOc1ccc(/C=C2/SC(=S)N(c3ccc(C)c(C)c3)C2=O)cc1. The Morgan fingerprint density at radius 1 is 1.12 bits per heavy atom. The van der Waals surface area contributed by atoms with Gasteiger partial charge < -0.3 is 4.74 Å². The zero-order valence-corrected chi connectivity index (χ0v) is 16.7. The van der Waals surface area contributed by atoms with Crippen LogP contribution < -0.4 is 9.64 Å². The van der Waals surface area contributed by atoms with E-state index >= 15 is 0 Å². The average Bonchev–Trinajstić information content (AvgIpc) is 2.90. The Labute approximate surface area is 164 Å². The third-order valence-corrected chi connectivity index (χ3v) is 5.50. The minimum Gasteiger partial charge on any atom is -0.494 e. The number of hydrogen-bond donors (Lipinski definition) is 0. The maximum atomic E-state index is 12.8. The number of thiocarbonyl (C=S) groups is 1. The summed E-state index contributed by atoms with van der Waals surface area (Å²) in [5.74, 6) is 0.765. The van der Waals surface area contributed by atoms with Crippen molar-refractivity contribution in [2.75, 3.05) is 11.5 Å². The lowest BCUT2D eigenvalue weighted by Gasteiger charge is -2.15. The molecular formula is C21H21NO2S2. The molecule has 0 radical (unpaired) electrons. The van der Waals surface area contributed by atoms with Crippen LogP contribution in [-0.2, 0) is 4.79 Å². The van der Waals surface area contributed by atoms with Gasteiger partial charge in [0.1, 0.15) is 5.75 Å². The number of anilines is 1. The maximum Gasteiger partial charge on any atom is 0.270 e. The number of nitrogens with zero attached hydrogens (tertiary/aromatic N) is 1. The van der Waals surface area contributed by atoms with E-state index in [0.717, 1.165) is 29.0 Å². The highest BCUT2D eigenvalue weighted by molar-refractivity contribution is 8.27. The van der Waals surface area contributed by atoms with Crippen molar-refractivity contribution in [2.24, 2.45) is 0 Å². The van der Waals surface area contributed by atoms with E-state index in [2.05, 4.69) is 13.8 Å². The van der Waals surface area contributed by atoms with Crippen molar-refractivity contribution in [3.8, 4) is 5.75 Å². The van der Waals surface area contributed by atoms with Crippen molar-refractivity contribution in [2.45, 2.75) is 27.2 Å². The van der Waals surface area contributed by atoms with E-state index in [1.54, 1.807) is 4.90 Å². The quantitative estimate of drug-likeness (QED) is 0.504. The van der Waals surface area contributed by atoms with Crippen LogP contribution in [0.5, 0.6) is 5.75 Å². The molecule has 2 aromatic carbocycles. The fourth-order valence-corrected chi connectivity index (χ4v) is 3.89. The third-order valence-electron chi connectivity index (χ3n) is 4.19. The van der Waals surface area contributed by atoms with E-state index in [1.807, 2.05) is 55.5 Å². The number of rotatable bonds is 5. The van der Waals surface area contributed by atoms with Crippen LogP contribution in [0.3, 0.4) is 0 Å². The zero-order chi connectivity index (χ0) is 18.7. The highest BCUT2D eigenvalue weighted by Gasteiger charge is 2.33. The van der Waals surface area contributed by atoms with E-state index in [4.69, 9.17) is 17.0 Å². The molecule has 3 nitrogen and oxygen atoms in total. The fraction of sp³-hybridized carbons (Fsp3) is 0.238. The summed E-state index contributed by atoms with van der Waals surface area (Å²) < 4.78 is 6.15. The van der Waals surface area contributed by atoms with Crippen molar-refractivity contribution < 1.29 is 9.53 Å². The molecule has 1 saturated heterocycles. The zero-order valence-electron chi connectivity index (χ0n) is 15.1. The van der Waals surface area contributed by atoms with Gasteiger partial charge in [-0.25, -0.2) is 0 Å². The van der Waals surface area contributed by atoms with Crippen LogP contribution in [0, 0.1) is 13.8 Å². The minimum atomic E-state index is -0.0745. The second-order valence-electron chi connectivity index (χ2n) is 6.20. The minimum absolute atomic E-state index is 0.0745. The number of ether oxygens (including phenoxy) is 1. The molecule has 1 fully saturated rings. The van der Waals surface area contributed by atoms with Crippen LogP contribution in [-0.4, -0.2) is 16.8 Å². The van der Waals surface area contributed by atoms with Gasteiger partial charge in [-0.1, -0.05) is 49.1 Å². The molecule has 0 aliphatic carbocycles. The summed E-state index contributed by atoms with van der Waals surface area (Å²) in [5, 5.41) is 0. The number of amides is 1. The van der Waals surface area contributed by atoms with Crippen LogP contribution in [0.2, 0.25) is 0 Å². The number of benzene rings is 2. The van der Waals surface area contributed by atoms with Crippen molar-refractivity contribution in [3.05, 3.63) is 64.1 Å². The van der Waals surface area contributed by atoms with Gasteiger partial charge in [-0.15, -0.1) is 0 Å². The second kappa shape index (κ2) is 8.06. The summed E-state index contributed by atoms with van der Waals surface area (Å²) in [6.45, 7) is 6.87. The van der Waals surface area contributed by atoms with Crippen molar-refractivity contribution in [1.29, 1.82) is 0 Å². The Balaban J connectivity index is 1.81. The lowest BCUT2D eigenvalue weighted by atomic mass is 10.1. The van der Waals surface area contributed by atoms with Gasteiger partial charge in [-0.2, -0.15) is 0 Å². The highest BCUT2D eigenvalue weighted by Crippen LogP contribution is 2.36. The van der Waals surface area contributed by atoms with Gasteiger partial charge >= 0.3 is 0 Å². The van der Waals surface area contributed by atoms with Gasteiger partial charge in [0.05, 0.1) is 17.2 Å². The Bertz CT molecular complexity index is 872. The summed E-state index contributed by atoms with van der Waals surface area (Å²) in [4.78, 5) is 15.1. The van der Waals surface area contributed by atoms with Gasteiger partial charge in [0.15, 0.2) is 4.32 Å². The molecule has 1 aliphatic heterocycles. The second-order valence-corrected chi connectivity index (χ2v) is 7.88. The number of thioether (sulfide) groups is 1. The number of carbonyl (C=O) groups excluding carboxylic acids is 1. The van der Waals surface area contributed by atoms with Gasteiger partial charge in [-0.05, 0) is 67.3 Å². The summed E-state index contributed by atoms with van der Waals surface area (Å²) >= 11 is 6.78. The first-order valence-corrected chi connectivity index (χ1v) is 9.80. The van der Waals surface area contributed by atoms with Crippen LogP contribution >= 0.6 is 24.0 Å². The molecule has 0 bridgehead atoms. The molecule has 0 saturated carbocycles. The molecule has 1 amide bonds. The molecule has 0 N–H and O–H groups in total. The smallest absolute Gasteiger partial charge is 0.270 e. The predicted molar refractivity (Wildman–Crippen MR) is 114 cm³/mol. The molecule has 134 valence electrons. The number of aryl methyl sites for hydroxylation is 2. The van der Waals surface area contributed by atoms with Gasteiger partial charge in [0, 0.05) is 0 Å². The number of carbonyl (C=O) groups is 1. The first-order chi connectivity index (χ1) is 12.5. The summed E-state index contributed by atoms with van der Waals surface area (Å²) in [5.41, 5.74) is 4.11. The van der Waals surface area contributed by atoms with Gasteiger partial charge in [0.25, 0.3) is 5.91 Å². The molecule has 0 unspecified atom stereocenters. The molecule has 3 rings (SSSR count). The first kappa shape index (κ1) is 18.7. The molecule has 0 atom stereocenters. The Kier molecular flexibility index (Phi) is 5.79. The molecular weight excluding hydrogens is 362 g/mol.